The smallest absolute Gasteiger partial charge is 0.324 e. The number of carboxylic acid groups (broad SMARTS) is 1. The van der Waals surface area contributed by atoms with E-state index in [9.17, 15) is 9.59 Å². The van der Waals surface area contributed by atoms with Crippen LogP contribution >= 0.6 is 11.3 Å². The van der Waals surface area contributed by atoms with Crippen LogP contribution in [0.5, 0.6) is 0 Å². The van der Waals surface area contributed by atoms with Gasteiger partial charge in [-0.15, -0.1) is 10.2 Å². The summed E-state index contributed by atoms with van der Waals surface area (Å²) in [6, 6.07) is -0.457. The highest BCUT2D eigenvalue weighted by Gasteiger charge is 2.17. The molecule has 0 radical (unpaired) electrons. The van der Waals surface area contributed by atoms with Crippen LogP contribution in [0.2, 0.25) is 0 Å². The molecule has 0 saturated carbocycles. The Morgan fingerprint density at radius 3 is 2.65 bits per heavy atom. The average Bonchev–Trinajstić information content (AvgIpc) is 2.74. The third kappa shape index (κ3) is 5.52. The normalized spacial score (nSPS) is 10.6. The predicted molar refractivity (Wildman–Crippen MR) is 77.0 cm³/mol. The van der Waals surface area contributed by atoms with Crippen LogP contribution in [0.15, 0.2) is 0 Å². The fourth-order valence-electron chi connectivity index (χ4n) is 1.59. The lowest BCUT2D eigenvalue weighted by Crippen LogP contribution is -2.39. The second kappa shape index (κ2) is 7.78. The molecule has 0 aliphatic rings. The second-order valence-electron chi connectivity index (χ2n) is 4.84. The Balaban J connectivity index is 2.62. The van der Waals surface area contributed by atoms with Crippen molar-refractivity contribution in [2.45, 2.75) is 33.6 Å². The van der Waals surface area contributed by atoms with Gasteiger partial charge in [0.05, 0.1) is 0 Å². The van der Waals surface area contributed by atoms with Gasteiger partial charge in [0.1, 0.15) is 11.6 Å². The molecule has 1 aromatic heterocycles. The molecule has 112 valence electrons. The van der Waals surface area contributed by atoms with Gasteiger partial charge in [0.25, 0.3) is 0 Å². The maximum absolute atomic E-state index is 12.0. The fourth-order valence-corrected chi connectivity index (χ4v) is 2.53. The van der Waals surface area contributed by atoms with Crippen LogP contribution in [0.1, 0.15) is 32.2 Å². The van der Waals surface area contributed by atoms with Gasteiger partial charge < -0.3 is 10.0 Å². The molecule has 0 aliphatic carbocycles. The molecular formula is C12H20N4O3S. The first-order valence-corrected chi connectivity index (χ1v) is 7.34. The fraction of sp³-hybridized carbons (Fsp3) is 0.667. The van der Waals surface area contributed by atoms with Gasteiger partial charge in [-0.2, -0.15) is 0 Å². The highest BCUT2D eigenvalue weighted by Crippen LogP contribution is 2.18. The number of carbonyl (C=O) groups is 2. The molecule has 0 bridgehead atoms. The van der Waals surface area contributed by atoms with Crippen molar-refractivity contribution in [3.63, 3.8) is 0 Å². The third-order valence-electron chi connectivity index (χ3n) is 2.37. The molecule has 8 heteroatoms. The Bertz CT molecular complexity index is 461. The molecule has 1 aromatic rings. The molecule has 0 spiro atoms. The highest BCUT2D eigenvalue weighted by molar-refractivity contribution is 7.15. The number of carboxylic acids is 1. The third-order valence-corrected chi connectivity index (χ3v) is 3.23. The molecule has 0 aliphatic heterocycles. The van der Waals surface area contributed by atoms with Gasteiger partial charge in [-0.1, -0.05) is 32.1 Å². The zero-order valence-corrected chi connectivity index (χ0v) is 12.7. The van der Waals surface area contributed by atoms with Crippen LogP contribution in [0, 0.1) is 5.92 Å². The molecule has 0 aromatic carbocycles. The van der Waals surface area contributed by atoms with Gasteiger partial charge in [-0.25, -0.2) is 4.79 Å². The first-order valence-electron chi connectivity index (χ1n) is 6.52. The lowest BCUT2D eigenvalue weighted by Gasteiger charge is -2.19. The minimum absolute atomic E-state index is 0.322. The van der Waals surface area contributed by atoms with Crippen LogP contribution in [0.25, 0.3) is 0 Å². The lowest BCUT2D eigenvalue weighted by molar-refractivity contribution is -0.137. The summed E-state index contributed by atoms with van der Waals surface area (Å²) in [7, 11) is 0. The number of nitrogens with zero attached hydrogens (tertiary/aromatic N) is 3. The summed E-state index contributed by atoms with van der Waals surface area (Å²) in [5.74, 6) is -0.568. The van der Waals surface area contributed by atoms with Crippen molar-refractivity contribution in [1.29, 1.82) is 0 Å². The molecule has 2 N–H and O–H groups in total. The van der Waals surface area contributed by atoms with Crippen LogP contribution in [0.4, 0.5) is 9.93 Å². The topological polar surface area (TPSA) is 95.4 Å². The minimum Gasteiger partial charge on any atom is -0.480 e. The molecule has 7 nitrogen and oxygen atoms in total. The zero-order valence-electron chi connectivity index (χ0n) is 11.9. The number of amides is 2. The Morgan fingerprint density at radius 2 is 2.10 bits per heavy atom. The van der Waals surface area contributed by atoms with E-state index in [1.165, 1.54) is 16.2 Å². The maximum atomic E-state index is 12.0. The van der Waals surface area contributed by atoms with Gasteiger partial charge in [-0.05, 0) is 12.3 Å². The summed E-state index contributed by atoms with van der Waals surface area (Å²) >= 11 is 1.32. The van der Waals surface area contributed by atoms with Crippen molar-refractivity contribution >= 4 is 28.5 Å². The Morgan fingerprint density at radius 1 is 1.40 bits per heavy atom. The Labute approximate surface area is 122 Å². The largest absolute Gasteiger partial charge is 0.480 e. The van der Waals surface area contributed by atoms with E-state index < -0.39 is 12.0 Å². The average molecular weight is 300 g/mol. The number of urea groups is 1. The molecule has 2 amide bonds. The SMILES string of the molecule is CCCN(CC(=O)O)C(=O)Nc1nnc(CC(C)C)s1. The number of anilines is 1. The second-order valence-corrected chi connectivity index (χ2v) is 5.91. The first kappa shape index (κ1) is 16.4. The van der Waals surface area contributed by atoms with Crippen molar-refractivity contribution in [3.8, 4) is 0 Å². The minimum atomic E-state index is -1.04. The molecule has 0 atom stereocenters. The summed E-state index contributed by atoms with van der Waals surface area (Å²) in [6.07, 6.45) is 1.50. The predicted octanol–water partition coefficient (Wildman–Crippen LogP) is 2.07. The van der Waals surface area contributed by atoms with E-state index in [0.717, 1.165) is 11.4 Å². The van der Waals surface area contributed by atoms with Crippen LogP contribution < -0.4 is 5.32 Å². The quantitative estimate of drug-likeness (QED) is 0.803. The number of hydrogen-bond donors (Lipinski definition) is 2. The van der Waals surface area contributed by atoms with Crippen molar-refractivity contribution in [1.82, 2.24) is 15.1 Å². The van der Waals surface area contributed by atoms with Gasteiger partial charge in [0.2, 0.25) is 5.13 Å². The first-order chi connectivity index (χ1) is 9.42. The monoisotopic (exact) mass is 300 g/mol. The molecule has 0 saturated heterocycles. The van der Waals surface area contributed by atoms with Gasteiger partial charge in [-0.3, -0.25) is 10.1 Å². The number of aliphatic carboxylic acids is 1. The summed E-state index contributed by atoms with van der Waals surface area (Å²) in [5.41, 5.74) is 0. The van der Waals surface area contributed by atoms with Crippen molar-refractivity contribution in [2.24, 2.45) is 5.92 Å². The Kier molecular flexibility index (Phi) is 6.37. The van der Waals surface area contributed by atoms with E-state index in [-0.39, 0.29) is 6.54 Å². The standard InChI is InChI=1S/C12H20N4O3S/c1-4-5-16(7-10(17)18)12(19)13-11-15-14-9(20-11)6-8(2)3/h8H,4-7H2,1-3H3,(H,17,18)(H,13,15,19). The number of rotatable bonds is 7. The molecule has 1 rings (SSSR count). The van der Waals surface area contributed by atoms with E-state index in [2.05, 4.69) is 29.4 Å². The summed E-state index contributed by atoms with van der Waals surface area (Å²) in [6.45, 7) is 6.10. The maximum Gasteiger partial charge on any atom is 0.324 e. The van der Waals surface area contributed by atoms with Gasteiger partial charge >= 0.3 is 12.0 Å². The summed E-state index contributed by atoms with van der Waals surface area (Å²) < 4.78 is 0. The van der Waals surface area contributed by atoms with Crippen molar-refractivity contribution in [2.75, 3.05) is 18.4 Å². The number of nitrogens with one attached hydrogen (secondary N) is 1. The van der Waals surface area contributed by atoms with E-state index >= 15 is 0 Å². The molecule has 0 fully saturated rings. The van der Waals surface area contributed by atoms with Gasteiger partial charge in [0.15, 0.2) is 0 Å². The number of aromatic nitrogens is 2. The molecule has 1 heterocycles. The lowest BCUT2D eigenvalue weighted by atomic mass is 10.1. The van der Waals surface area contributed by atoms with Crippen LogP contribution in [0.3, 0.4) is 0 Å². The van der Waals surface area contributed by atoms with Crippen LogP contribution in [-0.2, 0) is 11.2 Å². The van der Waals surface area contributed by atoms with Crippen LogP contribution in [-0.4, -0.2) is 45.3 Å². The van der Waals surface area contributed by atoms with E-state index in [4.69, 9.17) is 5.11 Å². The Hall–Kier alpha value is -1.70. The summed E-state index contributed by atoms with van der Waals surface area (Å²) in [5, 5.41) is 20.5. The molecule has 20 heavy (non-hydrogen) atoms. The number of hydrogen-bond acceptors (Lipinski definition) is 5. The van der Waals surface area contributed by atoms with Crippen molar-refractivity contribution in [3.05, 3.63) is 5.01 Å². The van der Waals surface area contributed by atoms with E-state index in [1.54, 1.807) is 0 Å². The molecule has 0 unspecified atom stereocenters. The van der Waals surface area contributed by atoms with Gasteiger partial charge in [0, 0.05) is 13.0 Å². The van der Waals surface area contributed by atoms with Crippen molar-refractivity contribution < 1.29 is 14.7 Å². The number of carbonyl (C=O) groups excluding carboxylic acids is 1. The highest BCUT2D eigenvalue weighted by atomic mass is 32.1. The molecular weight excluding hydrogens is 280 g/mol. The van der Waals surface area contributed by atoms with E-state index in [0.29, 0.717) is 24.0 Å². The van der Waals surface area contributed by atoms with E-state index in [1.807, 2.05) is 6.92 Å². The zero-order chi connectivity index (χ0) is 15.1. The summed E-state index contributed by atoms with van der Waals surface area (Å²) in [4.78, 5) is 23.9.